The van der Waals surface area contributed by atoms with Crippen LogP contribution in [0.1, 0.15) is 21.7 Å². The summed E-state index contributed by atoms with van der Waals surface area (Å²) in [6, 6.07) is 9.25. The number of halogens is 1. The van der Waals surface area contributed by atoms with Gasteiger partial charge >= 0.3 is 5.97 Å². The normalized spacial score (nSPS) is 10.4. The van der Waals surface area contributed by atoms with Crippen LogP contribution in [0.3, 0.4) is 0 Å². The number of methoxy groups -OCH3 is 1. The van der Waals surface area contributed by atoms with Crippen LogP contribution in [0.4, 0.5) is 0 Å². The smallest absolute Gasteiger partial charge is 0.358 e. The summed E-state index contributed by atoms with van der Waals surface area (Å²) in [5.41, 5.74) is 2.25. The van der Waals surface area contributed by atoms with E-state index in [0.29, 0.717) is 17.3 Å². The third-order valence-electron chi connectivity index (χ3n) is 2.60. The van der Waals surface area contributed by atoms with Crippen molar-refractivity contribution >= 4 is 17.6 Å². The van der Waals surface area contributed by atoms with Gasteiger partial charge in [0.25, 0.3) is 0 Å². The molecule has 0 saturated carbocycles. The zero-order valence-electron chi connectivity index (χ0n) is 10.2. The number of carbonyl (C=O) groups is 1. The fourth-order valence-corrected chi connectivity index (χ4v) is 1.90. The first kappa shape index (κ1) is 12.6. The molecule has 2 aromatic rings. The van der Waals surface area contributed by atoms with Crippen molar-refractivity contribution in [2.45, 2.75) is 13.5 Å². The summed E-state index contributed by atoms with van der Waals surface area (Å²) in [6.45, 7) is 2.47. The van der Waals surface area contributed by atoms with Gasteiger partial charge in [0.05, 0.1) is 13.7 Å². The molecule has 1 aromatic carbocycles. The van der Waals surface area contributed by atoms with Crippen LogP contribution in [-0.4, -0.2) is 22.9 Å². The van der Waals surface area contributed by atoms with Gasteiger partial charge in [-0.3, -0.25) is 4.68 Å². The maximum Gasteiger partial charge on any atom is 0.358 e. The molecule has 0 bridgehead atoms. The van der Waals surface area contributed by atoms with Crippen molar-refractivity contribution in [2.24, 2.45) is 0 Å². The summed E-state index contributed by atoms with van der Waals surface area (Å²) in [5.74, 6) is -0.428. The monoisotopic (exact) mass is 264 g/mol. The summed E-state index contributed by atoms with van der Waals surface area (Å²) in [4.78, 5) is 11.4. The lowest BCUT2D eigenvalue weighted by molar-refractivity contribution is 0.0593. The highest BCUT2D eigenvalue weighted by Crippen LogP contribution is 2.13. The number of esters is 1. The van der Waals surface area contributed by atoms with Gasteiger partial charge in [0, 0.05) is 10.7 Å². The van der Waals surface area contributed by atoms with E-state index in [-0.39, 0.29) is 0 Å². The zero-order chi connectivity index (χ0) is 13.1. The van der Waals surface area contributed by atoms with Crippen molar-refractivity contribution in [3.63, 3.8) is 0 Å². The van der Waals surface area contributed by atoms with Crippen molar-refractivity contribution in [2.75, 3.05) is 7.11 Å². The molecule has 0 saturated heterocycles. The summed E-state index contributed by atoms with van der Waals surface area (Å²) in [5, 5.41) is 4.89. The molecule has 5 heteroatoms. The van der Waals surface area contributed by atoms with Crippen molar-refractivity contribution in [1.82, 2.24) is 9.78 Å². The van der Waals surface area contributed by atoms with Crippen LogP contribution in [0.25, 0.3) is 0 Å². The Bertz CT molecular complexity index is 578. The highest BCUT2D eigenvalue weighted by molar-refractivity contribution is 6.30. The van der Waals surface area contributed by atoms with Gasteiger partial charge in [-0.1, -0.05) is 23.7 Å². The van der Waals surface area contributed by atoms with E-state index in [0.717, 1.165) is 11.3 Å². The molecule has 0 spiro atoms. The Kier molecular flexibility index (Phi) is 3.67. The minimum Gasteiger partial charge on any atom is -0.464 e. The maximum absolute atomic E-state index is 11.4. The molecule has 0 amide bonds. The average Bonchev–Trinajstić information content (AvgIpc) is 2.70. The Balaban J connectivity index is 2.24. The van der Waals surface area contributed by atoms with Crippen molar-refractivity contribution in [3.8, 4) is 0 Å². The second kappa shape index (κ2) is 5.23. The predicted octanol–water partition coefficient (Wildman–Crippen LogP) is 2.68. The summed E-state index contributed by atoms with van der Waals surface area (Å²) in [6.07, 6.45) is 0. The lowest BCUT2D eigenvalue weighted by Crippen LogP contribution is -2.07. The number of nitrogens with zero attached hydrogens (tertiary/aromatic N) is 2. The van der Waals surface area contributed by atoms with E-state index in [1.165, 1.54) is 7.11 Å². The third-order valence-corrected chi connectivity index (χ3v) is 2.83. The first-order valence-electron chi connectivity index (χ1n) is 5.47. The molecule has 0 radical (unpaired) electrons. The van der Waals surface area contributed by atoms with Crippen LogP contribution in [0.5, 0.6) is 0 Å². The molecular weight excluding hydrogens is 252 g/mol. The molecule has 94 valence electrons. The topological polar surface area (TPSA) is 44.1 Å². The first-order valence-corrected chi connectivity index (χ1v) is 5.85. The van der Waals surface area contributed by atoms with E-state index >= 15 is 0 Å². The molecule has 0 unspecified atom stereocenters. The standard InChI is InChI=1S/C13H13ClN2O2/c1-9-6-12(13(17)18-2)15-16(9)8-10-4-3-5-11(14)7-10/h3-7H,8H2,1-2H3. The van der Waals surface area contributed by atoms with Gasteiger partial charge in [-0.05, 0) is 30.7 Å². The zero-order valence-corrected chi connectivity index (χ0v) is 10.9. The molecule has 0 aliphatic carbocycles. The van der Waals surface area contributed by atoms with Gasteiger partial charge in [-0.2, -0.15) is 5.10 Å². The van der Waals surface area contributed by atoms with Gasteiger partial charge in [0.1, 0.15) is 0 Å². The van der Waals surface area contributed by atoms with Crippen LogP contribution >= 0.6 is 11.6 Å². The Hall–Kier alpha value is -1.81. The highest BCUT2D eigenvalue weighted by Gasteiger charge is 2.12. The number of aryl methyl sites for hydroxylation is 1. The van der Waals surface area contributed by atoms with E-state index in [9.17, 15) is 4.79 Å². The SMILES string of the molecule is COC(=O)c1cc(C)n(Cc2cccc(Cl)c2)n1. The number of ether oxygens (including phenoxy) is 1. The largest absolute Gasteiger partial charge is 0.464 e. The van der Waals surface area contributed by atoms with Crippen LogP contribution < -0.4 is 0 Å². The molecule has 1 heterocycles. The Morgan fingerprint density at radius 2 is 2.22 bits per heavy atom. The van der Waals surface area contributed by atoms with E-state index in [4.69, 9.17) is 11.6 Å². The number of hydrogen-bond acceptors (Lipinski definition) is 3. The Morgan fingerprint density at radius 1 is 1.44 bits per heavy atom. The van der Waals surface area contributed by atoms with Gasteiger partial charge in [0.2, 0.25) is 0 Å². The van der Waals surface area contributed by atoms with Gasteiger partial charge in [0.15, 0.2) is 5.69 Å². The van der Waals surface area contributed by atoms with Crippen molar-refractivity contribution in [1.29, 1.82) is 0 Å². The number of hydrogen-bond donors (Lipinski definition) is 0. The molecule has 18 heavy (non-hydrogen) atoms. The van der Waals surface area contributed by atoms with Crippen molar-refractivity contribution < 1.29 is 9.53 Å². The van der Waals surface area contributed by atoms with Crippen LogP contribution in [0.2, 0.25) is 5.02 Å². The molecule has 0 atom stereocenters. The maximum atomic E-state index is 11.4. The molecule has 0 fully saturated rings. The minimum atomic E-state index is -0.428. The number of benzene rings is 1. The highest BCUT2D eigenvalue weighted by atomic mass is 35.5. The Morgan fingerprint density at radius 3 is 2.89 bits per heavy atom. The molecule has 0 N–H and O–H groups in total. The first-order chi connectivity index (χ1) is 8.60. The van der Waals surface area contributed by atoms with Crippen LogP contribution in [0, 0.1) is 6.92 Å². The van der Waals surface area contributed by atoms with Gasteiger partial charge < -0.3 is 4.74 Å². The lowest BCUT2D eigenvalue weighted by Gasteiger charge is -2.04. The quantitative estimate of drug-likeness (QED) is 0.801. The number of carbonyl (C=O) groups excluding carboxylic acids is 1. The molecule has 2 rings (SSSR count). The second-order valence-electron chi connectivity index (χ2n) is 3.95. The molecule has 0 aliphatic rings. The lowest BCUT2D eigenvalue weighted by atomic mass is 10.2. The van der Waals surface area contributed by atoms with E-state index in [1.54, 1.807) is 10.7 Å². The summed E-state index contributed by atoms with van der Waals surface area (Å²) in [7, 11) is 1.34. The van der Waals surface area contributed by atoms with Crippen LogP contribution in [0.15, 0.2) is 30.3 Å². The summed E-state index contributed by atoms with van der Waals surface area (Å²) < 4.78 is 6.39. The fourth-order valence-electron chi connectivity index (χ4n) is 1.68. The molecular formula is C13H13ClN2O2. The van der Waals surface area contributed by atoms with Gasteiger partial charge in [-0.25, -0.2) is 4.79 Å². The van der Waals surface area contributed by atoms with E-state index < -0.39 is 5.97 Å². The average molecular weight is 265 g/mol. The minimum absolute atomic E-state index is 0.317. The molecule has 1 aromatic heterocycles. The Labute approximate surface area is 110 Å². The number of aromatic nitrogens is 2. The van der Waals surface area contributed by atoms with Crippen LogP contribution in [-0.2, 0) is 11.3 Å². The van der Waals surface area contributed by atoms with E-state index in [2.05, 4.69) is 9.84 Å². The summed E-state index contributed by atoms with van der Waals surface area (Å²) >= 11 is 5.93. The third kappa shape index (κ3) is 2.71. The number of rotatable bonds is 3. The van der Waals surface area contributed by atoms with Gasteiger partial charge in [-0.15, -0.1) is 0 Å². The molecule has 4 nitrogen and oxygen atoms in total. The molecule has 0 aliphatic heterocycles. The second-order valence-corrected chi connectivity index (χ2v) is 4.39. The predicted molar refractivity (Wildman–Crippen MR) is 68.9 cm³/mol. The van der Waals surface area contributed by atoms with Crippen molar-refractivity contribution in [3.05, 3.63) is 52.3 Å². The van der Waals surface area contributed by atoms with E-state index in [1.807, 2.05) is 31.2 Å². The fraction of sp³-hybridized carbons (Fsp3) is 0.231.